The molecule has 0 aliphatic rings. The topological polar surface area (TPSA) is 52.6 Å². The zero-order chi connectivity index (χ0) is 21.9. The zero-order valence-corrected chi connectivity index (χ0v) is 18.5. The van der Waals surface area contributed by atoms with E-state index in [0.29, 0.717) is 34.5 Å². The van der Waals surface area contributed by atoms with E-state index < -0.39 is 11.6 Å². The summed E-state index contributed by atoms with van der Waals surface area (Å²) in [5.74, 6) is -0.987. The minimum atomic E-state index is -0.548. The van der Waals surface area contributed by atoms with Gasteiger partial charge in [-0.25, -0.2) is 8.78 Å². The van der Waals surface area contributed by atoms with E-state index >= 15 is 0 Å². The van der Waals surface area contributed by atoms with Crippen LogP contribution in [0.2, 0.25) is 0 Å². The van der Waals surface area contributed by atoms with Crippen LogP contribution < -0.4 is 0 Å². The van der Waals surface area contributed by atoms with Gasteiger partial charge in [0.1, 0.15) is 11.6 Å². The second kappa shape index (κ2) is 12.6. The summed E-state index contributed by atoms with van der Waals surface area (Å²) in [6.45, 7) is 4.07. The molecule has 2 aromatic carbocycles. The van der Waals surface area contributed by atoms with Crippen LogP contribution in [0.25, 0.3) is 11.1 Å². The van der Waals surface area contributed by atoms with Crippen molar-refractivity contribution in [3.05, 3.63) is 48.0 Å². The first-order valence-corrected chi connectivity index (χ1v) is 11.6. The maximum Gasteiger partial charge on any atom is 0.306 e. The molecule has 0 spiro atoms. The number of ether oxygens (including phenoxy) is 2. The summed E-state index contributed by atoms with van der Waals surface area (Å²) < 4.78 is 39.4. The van der Waals surface area contributed by atoms with E-state index in [1.807, 2.05) is 0 Å². The third-order valence-corrected chi connectivity index (χ3v) is 6.06. The van der Waals surface area contributed by atoms with Crippen molar-refractivity contribution in [1.82, 2.24) is 0 Å². The number of thioether (sulfide) groups is 2. The summed E-state index contributed by atoms with van der Waals surface area (Å²) in [5.41, 5.74) is 0.311. The fourth-order valence-corrected chi connectivity index (χ4v) is 4.70. The van der Waals surface area contributed by atoms with Crippen LogP contribution in [-0.4, -0.2) is 36.7 Å². The average molecular weight is 455 g/mol. The van der Waals surface area contributed by atoms with Crippen LogP contribution in [0.5, 0.6) is 0 Å². The third kappa shape index (κ3) is 7.02. The first-order valence-electron chi connectivity index (χ1n) is 9.62. The molecule has 4 nitrogen and oxygen atoms in total. The molecule has 0 amide bonds. The normalized spacial score (nSPS) is 10.7. The number of benzene rings is 2. The van der Waals surface area contributed by atoms with Gasteiger partial charge >= 0.3 is 11.9 Å². The smallest absolute Gasteiger partial charge is 0.306 e. The van der Waals surface area contributed by atoms with Crippen molar-refractivity contribution in [3.63, 3.8) is 0 Å². The highest BCUT2D eigenvalue weighted by atomic mass is 32.2. The maximum absolute atomic E-state index is 14.8. The number of carbonyl (C=O) groups excluding carboxylic acids is 2. The minimum absolute atomic E-state index is 0.156. The van der Waals surface area contributed by atoms with Crippen molar-refractivity contribution in [2.45, 2.75) is 36.5 Å². The minimum Gasteiger partial charge on any atom is -0.466 e. The zero-order valence-electron chi connectivity index (χ0n) is 16.9. The first kappa shape index (κ1) is 24.2. The Hall–Kier alpha value is -2.06. The molecule has 2 aromatic rings. The van der Waals surface area contributed by atoms with Crippen molar-refractivity contribution >= 4 is 35.5 Å². The van der Waals surface area contributed by atoms with Gasteiger partial charge in [0.15, 0.2) is 0 Å². The molecule has 0 radical (unpaired) electrons. The molecular formula is C22H24F2O4S2. The lowest BCUT2D eigenvalue weighted by Gasteiger charge is -2.15. The van der Waals surface area contributed by atoms with Gasteiger partial charge in [0.2, 0.25) is 0 Å². The van der Waals surface area contributed by atoms with Gasteiger partial charge in [0.25, 0.3) is 0 Å². The highest BCUT2D eigenvalue weighted by molar-refractivity contribution is 7.99. The Morgan fingerprint density at radius 3 is 1.53 bits per heavy atom. The molecule has 162 valence electrons. The lowest BCUT2D eigenvalue weighted by atomic mass is 10.0. The Morgan fingerprint density at radius 1 is 0.767 bits per heavy atom. The van der Waals surface area contributed by atoms with Crippen LogP contribution >= 0.6 is 23.5 Å². The van der Waals surface area contributed by atoms with E-state index in [4.69, 9.17) is 9.47 Å². The fourth-order valence-electron chi connectivity index (χ4n) is 2.69. The number of carbonyl (C=O) groups is 2. The van der Waals surface area contributed by atoms with Gasteiger partial charge < -0.3 is 9.47 Å². The van der Waals surface area contributed by atoms with Crippen LogP contribution in [0.3, 0.4) is 0 Å². The van der Waals surface area contributed by atoms with Gasteiger partial charge in [-0.1, -0.05) is 12.1 Å². The Kier molecular flexibility index (Phi) is 10.2. The molecule has 0 unspecified atom stereocenters. The van der Waals surface area contributed by atoms with Gasteiger partial charge in [-0.05, 0) is 38.1 Å². The van der Waals surface area contributed by atoms with E-state index in [9.17, 15) is 18.4 Å². The van der Waals surface area contributed by atoms with Crippen molar-refractivity contribution in [1.29, 1.82) is 0 Å². The Bertz CT molecular complexity index is 803. The van der Waals surface area contributed by atoms with Crippen molar-refractivity contribution in [3.8, 4) is 11.1 Å². The van der Waals surface area contributed by atoms with Crippen molar-refractivity contribution in [2.24, 2.45) is 0 Å². The predicted octanol–water partition coefficient (Wildman–Crippen LogP) is 5.72. The molecule has 8 heteroatoms. The summed E-state index contributed by atoms with van der Waals surface area (Å²) in [7, 11) is 0. The van der Waals surface area contributed by atoms with Gasteiger partial charge in [0, 0.05) is 32.4 Å². The molecule has 0 heterocycles. The van der Waals surface area contributed by atoms with E-state index in [1.54, 1.807) is 38.1 Å². The van der Waals surface area contributed by atoms with E-state index in [1.165, 1.54) is 35.7 Å². The van der Waals surface area contributed by atoms with E-state index in [-0.39, 0.29) is 35.9 Å². The molecule has 0 saturated heterocycles. The number of halogens is 2. The van der Waals surface area contributed by atoms with E-state index in [2.05, 4.69) is 0 Å². The molecule has 30 heavy (non-hydrogen) atoms. The van der Waals surface area contributed by atoms with Crippen molar-refractivity contribution < 1.29 is 27.8 Å². The monoisotopic (exact) mass is 454 g/mol. The predicted molar refractivity (Wildman–Crippen MR) is 116 cm³/mol. The first-order chi connectivity index (χ1) is 14.5. The second-order valence-electron chi connectivity index (χ2n) is 6.03. The lowest BCUT2D eigenvalue weighted by molar-refractivity contribution is -0.143. The van der Waals surface area contributed by atoms with Gasteiger partial charge in [-0.3, -0.25) is 9.59 Å². The molecule has 0 aliphatic heterocycles. The molecule has 0 N–H and O–H groups in total. The number of hydrogen-bond acceptors (Lipinski definition) is 6. The summed E-state index contributed by atoms with van der Waals surface area (Å²) in [6.07, 6.45) is 0.347. The summed E-state index contributed by atoms with van der Waals surface area (Å²) in [4.78, 5) is 24.2. The molecule has 0 aromatic heterocycles. The molecule has 0 aliphatic carbocycles. The van der Waals surface area contributed by atoms with Crippen LogP contribution in [0.1, 0.15) is 26.7 Å². The molecule has 0 bridgehead atoms. The SMILES string of the molecule is CCOC(=O)CCSc1cccc(F)c1-c1c(F)cccc1SCCC(=O)OCC. The quantitative estimate of drug-likeness (QED) is 0.320. The van der Waals surface area contributed by atoms with Gasteiger partial charge in [-0.2, -0.15) is 0 Å². The van der Waals surface area contributed by atoms with Crippen LogP contribution in [0.15, 0.2) is 46.2 Å². The number of esters is 2. The highest BCUT2D eigenvalue weighted by Crippen LogP contribution is 2.40. The Labute approximate surface area is 183 Å². The van der Waals surface area contributed by atoms with Gasteiger partial charge in [-0.15, -0.1) is 23.5 Å². The second-order valence-corrected chi connectivity index (χ2v) is 8.31. The van der Waals surface area contributed by atoms with Gasteiger partial charge in [0.05, 0.1) is 26.1 Å². The molecule has 0 fully saturated rings. The Morgan fingerprint density at radius 2 is 1.17 bits per heavy atom. The molecular weight excluding hydrogens is 430 g/mol. The molecule has 0 saturated carbocycles. The number of hydrogen-bond donors (Lipinski definition) is 0. The third-order valence-electron chi connectivity index (χ3n) is 3.94. The Balaban J connectivity index is 2.25. The van der Waals surface area contributed by atoms with Crippen LogP contribution in [0.4, 0.5) is 8.78 Å². The average Bonchev–Trinajstić information content (AvgIpc) is 2.70. The highest BCUT2D eigenvalue weighted by Gasteiger charge is 2.20. The van der Waals surface area contributed by atoms with Crippen molar-refractivity contribution in [2.75, 3.05) is 24.7 Å². The summed E-state index contributed by atoms with van der Waals surface area (Å²) in [5, 5.41) is 0. The van der Waals surface area contributed by atoms with Crippen LogP contribution in [-0.2, 0) is 19.1 Å². The summed E-state index contributed by atoms with van der Waals surface area (Å²) in [6, 6.07) is 9.08. The standard InChI is InChI=1S/C22H24F2O4S2/c1-3-27-19(25)11-13-29-17-9-5-7-15(23)21(17)22-16(24)8-6-10-18(22)30-14-12-20(26)28-4-2/h5-10H,3-4,11-14H2,1-2H3. The molecule has 0 atom stereocenters. The van der Waals surface area contributed by atoms with E-state index in [0.717, 1.165) is 0 Å². The lowest BCUT2D eigenvalue weighted by Crippen LogP contribution is -2.05. The van der Waals surface area contributed by atoms with Crippen LogP contribution in [0, 0.1) is 11.6 Å². The number of rotatable bonds is 11. The maximum atomic E-state index is 14.8. The summed E-state index contributed by atoms with van der Waals surface area (Å²) >= 11 is 2.54. The largest absolute Gasteiger partial charge is 0.466 e. The fraction of sp³-hybridized carbons (Fsp3) is 0.364. The molecule has 2 rings (SSSR count).